The standard InChI is InChI=1S/C27H32Cl3N3O3S/c1-27(18-3-4-22(29)23(30)13-18,5-6-32-16-20(17-32)33-7-11-37-12-8-33)31(2)26(34)21-14-19(28)15-24-25(21)36-10-9-35-24/h3-4,13-15,20H,5-12,16-17H2,1-2H3/t27-/m0/s1. The second kappa shape index (κ2) is 11.4. The average Bonchev–Trinajstić information content (AvgIpc) is 2.88. The molecule has 2 fully saturated rings. The molecule has 0 bridgehead atoms. The SMILES string of the molecule is CN(C(=O)c1cc(Cl)cc2c1OCCO2)[C@@](C)(CCN1CC(N2CCSCC2)C1)c1ccc(Cl)c(Cl)c1. The first-order valence-electron chi connectivity index (χ1n) is 12.6. The van der Waals surface area contributed by atoms with Crippen LogP contribution in [0.1, 0.15) is 29.3 Å². The Bertz CT molecular complexity index is 1160. The molecule has 2 aromatic carbocycles. The van der Waals surface area contributed by atoms with E-state index in [0.29, 0.717) is 51.4 Å². The average molecular weight is 585 g/mol. The monoisotopic (exact) mass is 583 g/mol. The number of likely N-dealkylation sites (tertiary alicyclic amines) is 1. The van der Waals surface area contributed by atoms with Gasteiger partial charge in [0.15, 0.2) is 11.5 Å². The minimum absolute atomic E-state index is 0.190. The number of hydrogen-bond acceptors (Lipinski definition) is 6. The molecule has 1 amide bonds. The van der Waals surface area contributed by atoms with Gasteiger partial charge in [-0.2, -0.15) is 11.8 Å². The second-order valence-electron chi connectivity index (χ2n) is 10.1. The van der Waals surface area contributed by atoms with Gasteiger partial charge in [-0.25, -0.2) is 0 Å². The van der Waals surface area contributed by atoms with Crippen molar-refractivity contribution in [3.05, 3.63) is 56.5 Å². The zero-order chi connectivity index (χ0) is 26.2. The molecule has 0 spiro atoms. The highest BCUT2D eigenvalue weighted by Gasteiger charge is 2.39. The lowest BCUT2D eigenvalue weighted by atomic mass is 9.85. The summed E-state index contributed by atoms with van der Waals surface area (Å²) >= 11 is 21.1. The van der Waals surface area contributed by atoms with Gasteiger partial charge in [-0.1, -0.05) is 40.9 Å². The van der Waals surface area contributed by atoms with Crippen LogP contribution in [-0.4, -0.2) is 91.1 Å². The molecule has 0 aliphatic carbocycles. The molecule has 2 aromatic rings. The first-order chi connectivity index (χ1) is 17.8. The Labute approximate surface area is 238 Å². The van der Waals surface area contributed by atoms with Crippen LogP contribution >= 0.6 is 46.6 Å². The number of amides is 1. The summed E-state index contributed by atoms with van der Waals surface area (Å²) in [6.45, 7) is 8.23. The summed E-state index contributed by atoms with van der Waals surface area (Å²) in [4.78, 5) is 20.8. The van der Waals surface area contributed by atoms with Crippen molar-refractivity contribution in [3.8, 4) is 11.5 Å². The molecule has 3 aliphatic heterocycles. The number of carbonyl (C=O) groups is 1. The Balaban J connectivity index is 1.38. The predicted molar refractivity (Wildman–Crippen MR) is 152 cm³/mol. The summed E-state index contributed by atoms with van der Waals surface area (Å²) in [5, 5.41) is 1.39. The molecule has 0 N–H and O–H groups in total. The van der Waals surface area contributed by atoms with Crippen molar-refractivity contribution in [1.82, 2.24) is 14.7 Å². The van der Waals surface area contributed by atoms with Gasteiger partial charge >= 0.3 is 0 Å². The molecule has 6 nitrogen and oxygen atoms in total. The number of fused-ring (bicyclic) bond motifs is 1. The fraction of sp³-hybridized carbons (Fsp3) is 0.519. The van der Waals surface area contributed by atoms with Gasteiger partial charge in [0, 0.05) is 68.4 Å². The molecule has 0 saturated carbocycles. The fourth-order valence-electron chi connectivity index (χ4n) is 5.30. The largest absolute Gasteiger partial charge is 0.486 e. The number of halogens is 3. The van der Waals surface area contributed by atoms with E-state index in [-0.39, 0.29) is 5.91 Å². The van der Waals surface area contributed by atoms with Crippen LogP contribution in [0, 0.1) is 0 Å². The van der Waals surface area contributed by atoms with E-state index in [4.69, 9.17) is 44.3 Å². The number of nitrogens with zero attached hydrogens (tertiary/aromatic N) is 3. The van der Waals surface area contributed by atoms with E-state index in [0.717, 1.165) is 31.6 Å². The van der Waals surface area contributed by atoms with Crippen LogP contribution in [0.25, 0.3) is 0 Å². The number of hydrogen-bond donors (Lipinski definition) is 0. The predicted octanol–water partition coefficient (Wildman–Crippen LogP) is 5.53. The van der Waals surface area contributed by atoms with Crippen LogP contribution < -0.4 is 9.47 Å². The van der Waals surface area contributed by atoms with Crippen LogP contribution in [-0.2, 0) is 5.54 Å². The first kappa shape index (κ1) is 27.2. The highest BCUT2D eigenvalue weighted by atomic mass is 35.5. The van der Waals surface area contributed by atoms with Crippen molar-refractivity contribution in [2.75, 3.05) is 64.5 Å². The smallest absolute Gasteiger partial charge is 0.258 e. The zero-order valence-corrected chi connectivity index (χ0v) is 24.2. The molecular weight excluding hydrogens is 553 g/mol. The van der Waals surface area contributed by atoms with Crippen LogP contribution in [0.4, 0.5) is 0 Å². The number of carbonyl (C=O) groups excluding carboxylic acids is 1. The van der Waals surface area contributed by atoms with E-state index in [1.165, 1.54) is 24.6 Å². The van der Waals surface area contributed by atoms with Gasteiger partial charge in [-0.05, 0) is 37.1 Å². The van der Waals surface area contributed by atoms with Gasteiger partial charge in [0.1, 0.15) is 13.2 Å². The van der Waals surface area contributed by atoms with Crippen LogP contribution in [0.3, 0.4) is 0 Å². The van der Waals surface area contributed by atoms with Crippen LogP contribution in [0.15, 0.2) is 30.3 Å². The minimum atomic E-state index is -0.650. The number of thioether (sulfide) groups is 1. The molecule has 3 aliphatic rings. The molecule has 5 rings (SSSR count). The van der Waals surface area contributed by atoms with E-state index in [1.807, 2.05) is 30.9 Å². The summed E-state index contributed by atoms with van der Waals surface area (Å²) in [5.41, 5.74) is 0.669. The van der Waals surface area contributed by atoms with Gasteiger partial charge in [0.05, 0.1) is 21.1 Å². The summed E-state index contributed by atoms with van der Waals surface area (Å²) < 4.78 is 11.6. The molecule has 0 unspecified atom stereocenters. The van der Waals surface area contributed by atoms with E-state index in [9.17, 15) is 4.79 Å². The van der Waals surface area contributed by atoms with E-state index in [1.54, 1.807) is 23.1 Å². The van der Waals surface area contributed by atoms with Gasteiger partial charge in [-0.15, -0.1) is 0 Å². The highest BCUT2D eigenvalue weighted by Crippen LogP contribution is 2.41. The van der Waals surface area contributed by atoms with E-state index in [2.05, 4.69) is 16.7 Å². The van der Waals surface area contributed by atoms with Crippen LogP contribution in [0.5, 0.6) is 11.5 Å². The molecule has 37 heavy (non-hydrogen) atoms. The molecule has 200 valence electrons. The Kier molecular flexibility index (Phi) is 8.39. The van der Waals surface area contributed by atoms with Crippen molar-refractivity contribution in [2.45, 2.75) is 24.9 Å². The number of rotatable bonds is 7. The summed E-state index contributed by atoms with van der Waals surface area (Å²) in [5.74, 6) is 3.19. The first-order valence-corrected chi connectivity index (χ1v) is 14.9. The second-order valence-corrected chi connectivity index (χ2v) is 12.5. The Hall–Kier alpha value is -1.35. The number of ether oxygens (including phenoxy) is 2. The third-order valence-corrected chi connectivity index (χ3v) is 9.74. The minimum Gasteiger partial charge on any atom is -0.486 e. The van der Waals surface area contributed by atoms with Gasteiger partial charge in [0.25, 0.3) is 5.91 Å². The van der Waals surface area contributed by atoms with E-state index < -0.39 is 5.54 Å². The molecule has 10 heteroatoms. The van der Waals surface area contributed by atoms with E-state index >= 15 is 0 Å². The summed E-state index contributed by atoms with van der Waals surface area (Å²) in [6.07, 6.45) is 0.732. The third kappa shape index (κ3) is 5.68. The lowest BCUT2D eigenvalue weighted by Crippen LogP contribution is -2.61. The van der Waals surface area contributed by atoms with Crippen molar-refractivity contribution in [3.63, 3.8) is 0 Å². The quantitative estimate of drug-likeness (QED) is 0.427. The fourth-order valence-corrected chi connectivity index (χ4v) is 6.73. The lowest BCUT2D eigenvalue weighted by molar-refractivity contribution is 0.0212. The normalized spacial score (nSPS) is 20.2. The summed E-state index contributed by atoms with van der Waals surface area (Å²) in [6, 6.07) is 9.58. The molecule has 2 saturated heterocycles. The Morgan fingerprint density at radius 2 is 1.81 bits per heavy atom. The number of benzene rings is 2. The Morgan fingerprint density at radius 1 is 1.08 bits per heavy atom. The zero-order valence-electron chi connectivity index (χ0n) is 21.1. The topological polar surface area (TPSA) is 45.3 Å². The molecule has 3 heterocycles. The van der Waals surface area contributed by atoms with Crippen LogP contribution in [0.2, 0.25) is 15.1 Å². The maximum atomic E-state index is 14.0. The Morgan fingerprint density at radius 3 is 2.54 bits per heavy atom. The maximum Gasteiger partial charge on any atom is 0.258 e. The lowest BCUT2D eigenvalue weighted by Gasteiger charge is -2.48. The van der Waals surface area contributed by atoms with Crippen molar-refractivity contribution >= 4 is 52.5 Å². The molecule has 1 atom stereocenters. The molecule has 0 aromatic heterocycles. The van der Waals surface area contributed by atoms with Gasteiger partial charge in [-0.3, -0.25) is 9.69 Å². The van der Waals surface area contributed by atoms with Crippen molar-refractivity contribution in [2.24, 2.45) is 0 Å². The van der Waals surface area contributed by atoms with Crippen molar-refractivity contribution < 1.29 is 14.3 Å². The highest BCUT2D eigenvalue weighted by molar-refractivity contribution is 7.99. The maximum absolute atomic E-state index is 14.0. The third-order valence-electron chi connectivity index (χ3n) is 7.84. The van der Waals surface area contributed by atoms with Gasteiger partial charge in [0.2, 0.25) is 0 Å². The molecule has 0 radical (unpaired) electrons. The summed E-state index contributed by atoms with van der Waals surface area (Å²) in [7, 11) is 1.83. The molecular formula is C27H32Cl3N3O3S. The van der Waals surface area contributed by atoms with Crippen molar-refractivity contribution in [1.29, 1.82) is 0 Å². The van der Waals surface area contributed by atoms with Gasteiger partial charge < -0.3 is 19.3 Å².